The van der Waals surface area contributed by atoms with Gasteiger partial charge in [0, 0.05) is 19.4 Å². The highest BCUT2D eigenvalue weighted by Crippen LogP contribution is 2.34. The lowest BCUT2D eigenvalue weighted by Gasteiger charge is -2.26. The average molecular weight is 298 g/mol. The number of hydrogen-bond acceptors (Lipinski definition) is 5. The third-order valence-electron chi connectivity index (χ3n) is 3.75. The molecular formula is C13H18N2O4S. The number of hydrogen-bond donors (Lipinski definition) is 0. The van der Waals surface area contributed by atoms with E-state index < -0.39 is 27.2 Å². The van der Waals surface area contributed by atoms with E-state index in [2.05, 4.69) is 4.98 Å². The minimum Gasteiger partial charge on any atom is -0.469 e. The van der Waals surface area contributed by atoms with Gasteiger partial charge >= 0.3 is 5.97 Å². The Hall–Kier alpha value is -1.63. The number of carbonyl (C=O) groups is 1. The van der Waals surface area contributed by atoms with Crippen molar-refractivity contribution in [3.63, 3.8) is 0 Å². The third kappa shape index (κ3) is 2.63. The van der Waals surface area contributed by atoms with Crippen molar-refractivity contribution in [1.82, 2.24) is 4.98 Å². The van der Waals surface area contributed by atoms with Crippen LogP contribution in [-0.4, -0.2) is 38.8 Å². The van der Waals surface area contributed by atoms with E-state index in [1.54, 1.807) is 12.1 Å². The van der Waals surface area contributed by atoms with Gasteiger partial charge in [-0.2, -0.15) is 0 Å². The number of carbonyl (C=O) groups excluding carboxylic acids is 1. The average Bonchev–Trinajstić information content (AvgIpc) is 2.96. The van der Waals surface area contributed by atoms with Crippen LogP contribution in [0.25, 0.3) is 0 Å². The van der Waals surface area contributed by atoms with Gasteiger partial charge < -0.3 is 4.74 Å². The first-order valence-corrected chi connectivity index (χ1v) is 7.94. The molecule has 2 rings (SSSR count). The Morgan fingerprint density at radius 2 is 2.00 bits per heavy atom. The molecule has 0 amide bonds. The Morgan fingerprint density at radius 3 is 2.60 bits per heavy atom. The maximum atomic E-state index is 12.7. The highest BCUT2D eigenvalue weighted by atomic mass is 32.2. The van der Waals surface area contributed by atoms with Crippen molar-refractivity contribution in [3.05, 3.63) is 24.5 Å². The van der Waals surface area contributed by atoms with Gasteiger partial charge in [0.05, 0.1) is 24.0 Å². The molecule has 2 atom stereocenters. The minimum absolute atomic E-state index is 0.445. The van der Waals surface area contributed by atoms with E-state index in [4.69, 9.17) is 4.74 Å². The summed E-state index contributed by atoms with van der Waals surface area (Å²) in [7, 11) is -0.805. The van der Waals surface area contributed by atoms with Crippen molar-refractivity contribution in [3.8, 4) is 0 Å². The molecule has 1 aromatic heterocycles. The number of anilines is 1. The molecule has 0 aromatic carbocycles. The summed E-state index contributed by atoms with van der Waals surface area (Å²) in [5, 5.41) is -0.715. The number of esters is 1. The Morgan fingerprint density at radius 1 is 1.35 bits per heavy atom. The molecule has 0 spiro atoms. The van der Waals surface area contributed by atoms with E-state index in [1.165, 1.54) is 30.9 Å². The van der Waals surface area contributed by atoms with Gasteiger partial charge in [0.15, 0.2) is 0 Å². The van der Waals surface area contributed by atoms with Crippen molar-refractivity contribution in [2.24, 2.45) is 5.92 Å². The fourth-order valence-corrected chi connectivity index (χ4v) is 4.56. The summed E-state index contributed by atoms with van der Waals surface area (Å²) in [6.07, 6.45) is 4.83. The molecule has 1 fully saturated rings. The van der Waals surface area contributed by atoms with Gasteiger partial charge in [-0.15, -0.1) is 0 Å². The molecule has 2 unspecified atom stereocenters. The maximum Gasteiger partial charge on any atom is 0.310 e. The topological polar surface area (TPSA) is 76.6 Å². The van der Waals surface area contributed by atoms with Gasteiger partial charge in [-0.3, -0.25) is 14.1 Å². The molecule has 6 nitrogen and oxygen atoms in total. The van der Waals surface area contributed by atoms with E-state index in [0.29, 0.717) is 24.9 Å². The molecule has 0 saturated heterocycles. The molecule has 1 aromatic rings. The number of rotatable bonds is 4. The van der Waals surface area contributed by atoms with E-state index >= 15 is 0 Å². The van der Waals surface area contributed by atoms with Crippen LogP contribution in [-0.2, 0) is 19.6 Å². The molecule has 20 heavy (non-hydrogen) atoms. The molecule has 7 heteroatoms. The zero-order chi connectivity index (χ0) is 14.8. The van der Waals surface area contributed by atoms with Crippen LogP contribution in [0.2, 0.25) is 0 Å². The maximum absolute atomic E-state index is 12.7. The van der Waals surface area contributed by atoms with Gasteiger partial charge in [0.2, 0.25) is 10.0 Å². The Labute approximate surface area is 118 Å². The second kappa shape index (κ2) is 5.78. The molecule has 0 bridgehead atoms. The standard InChI is InChI=1S/C13H18N2O4S/c1-15(10-6-8-14-9-7-10)20(17,18)12-5-3-4-11(12)13(16)19-2/h6-9,11-12H,3-5H2,1-2H3. The second-order valence-corrected chi connectivity index (χ2v) is 7.00. The molecule has 1 aliphatic carbocycles. The normalized spacial score (nSPS) is 22.5. The Kier molecular flexibility index (Phi) is 4.27. The SMILES string of the molecule is COC(=O)C1CCCC1S(=O)(=O)N(C)c1ccncc1. The molecule has 1 heterocycles. The van der Waals surface area contributed by atoms with Crippen LogP contribution in [0.3, 0.4) is 0 Å². The van der Waals surface area contributed by atoms with Crippen LogP contribution in [0.5, 0.6) is 0 Å². The van der Waals surface area contributed by atoms with Crippen molar-refractivity contribution in [2.75, 3.05) is 18.5 Å². The Balaban J connectivity index is 2.28. The van der Waals surface area contributed by atoms with Gasteiger partial charge in [0.1, 0.15) is 0 Å². The van der Waals surface area contributed by atoms with Crippen molar-refractivity contribution in [2.45, 2.75) is 24.5 Å². The zero-order valence-corrected chi connectivity index (χ0v) is 12.3. The molecule has 1 saturated carbocycles. The van der Waals surface area contributed by atoms with Crippen LogP contribution in [0.4, 0.5) is 5.69 Å². The summed E-state index contributed by atoms with van der Waals surface area (Å²) in [6, 6.07) is 3.25. The first-order chi connectivity index (χ1) is 9.48. The largest absolute Gasteiger partial charge is 0.469 e. The lowest BCUT2D eigenvalue weighted by molar-refractivity contribution is -0.145. The second-order valence-electron chi connectivity index (χ2n) is 4.82. The fraction of sp³-hybridized carbons (Fsp3) is 0.538. The van der Waals surface area contributed by atoms with Crippen LogP contribution in [0.1, 0.15) is 19.3 Å². The lowest BCUT2D eigenvalue weighted by Crippen LogP contribution is -2.40. The number of nitrogens with zero attached hydrogens (tertiary/aromatic N) is 2. The van der Waals surface area contributed by atoms with Gasteiger partial charge in [-0.25, -0.2) is 8.42 Å². The van der Waals surface area contributed by atoms with Gasteiger partial charge in [0.25, 0.3) is 0 Å². The van der Waals surface area contributed by atoms with E-state index in [0.717, 1.165) is 0 Å². The molecule has 0 N–H and O–H groups in total. The molecule has 0 radical (unpaired) electrons. The third-order valence-corrected chi connectivity index (χ3v) is 6.05. The quantitative estimate of drug-likeness (QED) is 0.780. The van der Waals surface area contributed by atoms with E-state index in [-0.39, 0.29) is 0 Å². The minimum atomic E-state index is -3.59. The predicted octanol–water partition coefficient (Wildman–Crippen LogP) is 1.19. The number of sulfonamides is 1. The number of pyridine rings is 1. The lowest BCUT2D eigenvalue weighted by atomic mass is 10.1. The summed E-state index contributed by atoms with van der Waals surface area (Å²) in [5.74, 6) is -1.02. The summed E-state index contributed by atoms with van der Waals surface area (Å²) in [4.78, 5) is 15.6. The number of aromatic nitrogens is 1. The van der Waals surface area contributed by atoms with Crippen LogP contribution >= 0.6 is 0 Å². The number of methoxy groups -OCH3 is 1. The van der Waals surface area contributed by atoms with Crippen LogP contribution in [0, 0.1) is 5.92 Å². The van der Waals surface area contributed by atoms with Crippen molar-refractivity contribution < 1.29 is 17.9 Å². The predicted molar refractivity (Wildman–Crippen MR) is 74.7 cm³/mol. The zero-order valence-electron chi connectivity index (χ0n) is 11.5. The molecule has 1 aliphatic rings. The fourth-order valence-electron chi connectivity index (χ4n) is 2.61. The molecule has 110 valence electrons. The molecular weight excluding hydrogens is 280 g/mol. The van der Waals surface area contributed by atoms with Crippen molar-refractivity contribution >= 4 is 21.7 Å². The van der Waals surface area contributed by atoms with E-state index in [9.17, 15) is 13.2 Å². The highest BCUT2D eigenvalue weighted by molar-refractivity contribution is 7.93. The first kappa shape index (κ1) is 14.8. The number of ether oxygens (including phenoxy) is 1. The first-order valence-electron chi connectivity index (χ1n) is 6.44. The Bertz CT molecular complexity index is 573. The summed E-state index contributed by atoms with van der Waals surface area (Å²) >= 11 is 0. The van der Waals surface area contributed by atoms with Crippen molar-refractivity contribution in [1.29, 1.82) is 0 Å². The summed E-state index contributed by atoms with van der Waals surface area (Å²) < 4.78 is 31.3. The summed E-state index contributed by atoms with van der Waals surface area (Å²) in [6.45, 7) is 0. The van der Waals surface area contributed by atoms with Crippen LogP contribution < -0.4 is 4.31 Å². The molecule has 0 aliphatic heterocycles. The van der Waals surface area contributed by atoms with E-state index in [1.807, 2.05) is 0 Å². The highest BCUT2D eigenvalue weighted by Gasteiger charge is 2.44. The smallest absolute Gasteiger partial charge is 0.310 e. The summed E-state index contributed by atoms with van der Waals surface area (Å²) in [5.41, 5.74) is 0.538. The van der Waals surface area contributed by atoms with Gasteiger partial charge in [-0.1, -0.05) is 6.42 Å². The van der Waals surface area contributed by atoms with Gasteiger partial charge in [-0.05, 0) is 25.0 Å². The van der Waals surface area contributed by atoms with Crippen LogP contribution in [0.15, 0.2) is 24.5 Å². The monoisotopic (exact) mass is 298 g/mol.